The monoisotopic (exact) mass is 238 g/mol. The van der Waals surface area contributed by atoms with Gasteiger partial charge in [0.1, 0.15) is 0 Å². The summed E-state index contributed by atoms with van der Waals surface area (Å²) >= 11 is 0. The quantitative estimate of drug-likeness (QED) is 0.816. The molecule has 1 aromatic carbocycles. The van der Waals surface area contributed by atoms with E-state index in [4.69, 9.17) is 5.26 Å². The molecule has 1 unspecified atom stereocenters. The molecule has 90 valence electrons. The van der Waals surface area contributed by atoms with E-state index in [1.807, 2.05) is 12.1 Å². The van der Waals surface area contributed by atoms with Crippen molar-refractivity contribution in [2.24, 2.45) is 11.3 Å². The van der Waals surface area contributed by atoms with Gasteiger partial charge in [-0.15, -0.1) is 0 Å². The molecule has 3 nitrogen and oxygen atoms in total. The fourth-order valence-electron chi connectivity index (χ4n) is 2.57. The van der Waals surface area contributed by atoms with Crippen molar-refractivity contribution >= 4 is 16.7 Å². The minimum absolute atomic E-state index is 0.100. The molecule has 3 heteroatoms. The summed E-state index contributed by atoms with van der Waals surface area (Å²) in [7, 11) is 0. The number of nitrogens with zero attached hydrogens (tertiary/aromatic N) is 1. The standard InChI is InChI=1S/C15H14N2O/c1-15(2)6-11(15)14(18)10-8-17-12-5-3-4-9(7-16)13(10)12/h3-5,8,11,17H,6H2,1-2H3. The predicted molar refractivity (Wildman–Crippen MR) is 69.2 cm³/mol. The summed E-state index contributed by atoms with van der Waals surface area (Å²) in [5.41, 5.74) is 2.20. The number of aromatic amines is 1. The van der Waals surface area contributed by atoms with E-state index in [2.05, 4.69) is 24.9 Å². The zero-order valence-corrected chi connectivity index (χ0v) is 10.4. The molecule has 0 bridgehead atoms. The normalized spacial score (nSPS) is 20.6. The Labute approximate surface area is 105 Å². The van der Waals surface area contributed by atoms with E-state index in [0.717, 1.165) is 17.3 Å². The topological polar surface area (TPSA) is 56.6 Å². The number of carbonyl (C=O) groups excluding carboxylic acids is 1. The Bertz CT molecular complexity index is 688. The van der Waals surface area contributed by atoms with Crippen molar-refractivity contribution in [2.45, 2.75) is 20.3 Å². The molecule has 0 saturated heterocycles. The van der Waals surface area contributed by atoms with Crippen LogP contribution in [0.3, 0.4) is 0 Å². The number of hydrogen-bond donors (Lipinski definition) is 1. The van der Waals surface area contributed by atoms with Crippen molar-refractivity contribution in [1.29, 1.82) is 5.26 Å². The van der Waals surface area contributed by atoms with Gasteiger partial charge in [-0.1, -0.05) is 19.9 Å². The fraction of sp³-hybridized carbons (Fsp3) is 0.333. The van der Waals surface area contributed by atoms with Crippen molar-refractivity contribution < 1.29 is 4.79 Å². The van der Waals surface area contributed by atoms with Gasteiger partial charge in [-0.05, 0) is 24.0 Å². The van der Waals surface area contributed by atoms with E-state index >= 15 is 0 Å². The van der Waals surface area contributed by atoms with Gasteiger partial charge in [0.05, 0.1) is 11.6 Å². The van der Waals surface area contributed by atoms with Gasteiger partial charge in [0.25, 0.3) is 0 Å². The van der Waals surface area contributed by atoms with Crippen LogP contribution < -0.4 is 0 Å². The number of aromatic nitrogens is 1. The zero-order chi connectivity index (χ0) is 12.9. The van der Waals surface area contributed by atoms with Gasteiger partial charge >= 0.3 is 0 Å². The van der Waals surface area contributed by atoms with Gasteiger partial charge in [0.2, 0.25) is 0 Å². The summed E-state index contributed by atoms with van der Waals surface area (Å²) in [4.78, 5) is 15.5. The van der Waals surface area contributed by atoms with Gasteiger partial charge in [0.15, 0.2) is 5.78 Å². The molecule has 0 radical (unpaired) electrons. The van der Waals surface area contributed by atoms with Gasteiger partial charge < -0.3 is 4.98 Å². The number of fused-ring (bicyclic) bond motifs is 1. The molecule has 2 aromatic rings. The molecule has 0 amide bonds. The molecule has 1 aliphatic carbocycles. The Hall–Kier alpha value is -2.08. The van der Waals surface area contributed by atoms with E-state index in [0.29, 0.717) is 11.1 Å². The van der Waals surface area contributed by atoms with Gasteiger partial charge in [-0.2, -0.15) is 5.26 Å². The molecular formula is C15H14N2O. The molecule has 18 heavy (non-hydrogen) atoms. The van der Waals surface area contributed by atoms with Gasteiger partial charge in [-0.25, -0.2) is 0 Å². The second kappa shape index (κ2) is 3.46. The minimum atomic E-state index is 0.100. The Morgan fingerprint density at radius 3 is 2.83 bits per heavy atom. The number of hydrogen-bond acceptors (Lipinski definition) is 2. The van der Waals surface area contributed by atoms with Gasteiger partial charge in [0, 0.05) is 28.6 Å². The summed E-state index contributed by atoms with van der Waals surface area (Å²) in [6.07, 6.45) is 2.68. The number of Topliss-reactive ketones (excluding diaryl/α,β-unsaturated/α-hetero) is 1. The van der Waals surface area contributed by atoms with Crippen molar-refractivity contribution in [2.75, 3.05) is 0 Å². The Morgan fingerprint density at radius 2 is 2.22 bits per heavy atom. The number of benzene rings is 1. The average molecular weight is 238 g/mol. The third-order valence-corrected chi connectivity index (χ3v) is 3.92. The van der Waals surface area contributed by atoms with Crippen LogP contribution in [0, 0.1) is 22.7 Å². The van der Waals surface area contributed by atoms with Crippen LogP contribution in [0.15, 0.2) is 24.4 Å². The van der Waals surface area contributed by atoms with E-state index in [9.17, 15) is 4.79 Å². The second-order valence-electron chi connectivity index (χ2n) is 5.65. The number of H-pyrrole nitrogens is 1. The van der Waals surface area contributed by atoms with E-state index in [1.54, 1.807) is 12.3 Å². The second-order valence-corrected chi connectivity index (χ2v) is 5.65. The molecule has 1 fully saturated rings. The highest BCUT2D eigenvalue weighted by Gasteiger charge is 2.50. The van der Waals surface area contributed by atoms with Crippen LogP contribution in [0.2, 0.25) is 0 Å². The molecule has 0 spiro atoms. The van der Waals surface area contributed by atoms with Crippen LogP contribution in [0.25, 0.3) is 10.9 Å². The number of nitrogens with one attached hydrogen (secondary N) is 1. The molecule has 1 aromatic heterocycles. The fourth-order valence-corrected chi connectivity index (χ4v) is 2.57. The van der Waals surface area contributed by atoms with E-state index in [-0.39, 0.29) is 17.1 Å². The third-order valence-electron chi connectivity index (χ3n) is 3.92. The van der Waals surface area contributed by atoms with E-state index in [1.165, 1.54) is 0 Å². The van der Waals surface area contributed by atoms with Crippen LogP contribution in [0.4, 0.5) is 0 Å². The maximum absolute atomic E-state index is 12.4. The first-order valence-corrected chi connectivity index (χ1v) is 6.09. The average Bonchev–Trinajstić information content (AvgIpc) is 2.81. The van der Waals surface area contributed by atoms with E-state index < -0.39 is 0 Å². The lowest BCUT2D eigenvalue weighted by Gasteiger charge is -2.02. The van der Waals surface area contributed by atoms with Crippen molar-refractivity contribution in [1.82, 2.24) is 4.98 Å². The molecule has 1 aliphatic rings. The van der Waals surface area contributed by atoms with Gasteiger partial charge in [-0.3, -0.25) is 4.79 Å². The highest BCUT2D eigenvalue weighted by atomic mass is 16.1. The van der Waals surface area contributed by atoms with Crippen molar-refractivity contribution in [3.63, 3.8) is 0 Å². The van der Waals surface area contributed by atoms with Crippen molar-refractivity contribution in [3.8, 4) is 6.07 Å². The molecule has 3 rings (SSSR count). The zero-order valence-electron chi connectivity index (χ0n) is 10.4. The predicted octanol–water partition coefficient (Wildman–Crippen LogP) is 3.27. The lowest BCUT2D eigenvalue weighted by Crippen LogP contribution is -2.06. The van der Waals surface area contributed by atoms with Crippen LogP contribution in [0.1, 0.15) is 36.2 Å². The van der Waals surface area contributed by atoms with Crippen molar-refractivity contribution in [3.05, 3.63) is 35.5 Å². The largest absolute Gasteiger partial charge is 0.360 e. The number of ketones is 1. The highest BCUT2D eigenvalue weighted by Crippen LogP contribution is 2.53. The molecular weight excluding hydrogens is 224 g/mol. The van der Waals surface area contributed by atoms with Crippen LogP contribution in [-0.4, -0.2) is 10.8 Å². The summed E-state index contributed by atoms with van der Waals surface area (Å²) in [5.74, 6) is 0.261. The SMILES string of the molecule is CC1(C)CC1C(=O)c1c[nH]c2cccc(C#N)c12. The first-order chi connectivity index (χ1) is 8.54. The highest BCUT2D eigenvalue weighted by molar-refractivity contribution is 6.11. The summed E-state index contributed by atoms with van der Waals surface area (Å²) in [6.45, 7) is 4.21. The Balaban J connectivity index is 2.14. The molecule has 1 heterocycles. The summed E-state index contributed by atoms with van der Waals surface area (Å²) in [5, 5.41) is 9.91. The maximum atomic E-state index is 12.4. The molecule has 1 atom stereocenters. The van der Waals surface area contributed by atoms with Crippen LogP contribution in [-0.2, 0) is 0 Å². The molecule has 1 N–H and O–H groups in total. The Kier molecular flexibility index (Phi) is 2.12. The first kappa shape index (κ1) is 11.0. The molecule has 0 aliphatic heterocycles. The maximum Gasteiger partial charge on any atom is 0.168 e. The third kappa shape index (κ3) is 1.46. The number of rotatable bonds is 2. The summed E-state index contributed by atoms with van der Waals surface area (Å²) in [6, 6.07) is 7.63. The number of carbonyl (C=O) groups is 1. The minimum Gasteiger partial charge on any atom is -0.360 e. The smallest absolute Gasteiger partial charge is 0.168 e. The van der Waals surface area contributed by atoms with Crippen LogP contribution >= 0.6 is 0 Å². The van der Waals surface area contributed by atoms with Crippen LogP contribution in [0.5, 0.6) is 0 Å². The Morgan fingerprint density at radius 1 is 1.50 bits per heavy atom. The lowest BCUT2D eigenvalue weighted by atomic mass is 9.99. The summed E-state index contributed by atoms with van der Waals surface area (Å²) < 4.78 is 0. The lowest BCUT2D eigenvalue weighted by molar-refractivity contribution is 0.0955. The molecule has 1 saturated carbocycles. The first-order valence-electron chi connectivity index (χ1n) is 6.09. The number of nitriles is 1.